The van der Waals surface area contributed by atoms with Crippen LogP contribution in [-0.2, 0) is 9.59 Å². The van der Waals surface area contributed by atoms with E-state index in [1.54, 1.807) is 11.8 Å². The number of hydrogen-bond acceptors (Lipinski definition) is 2. The molecule has 1 aliphatic rings. The molecule has 0 aromatic heterocycles. The minimum atomic E-state index is -0.715. The summed E-state index contributed by atoms with van der Waals surface area (Å²) in [7, 11) is 0. The molecule has 1 saturated heterocycles. The fraction of sp³-hybridized carbons (Fsp3) is 0.714. The molecule has 1 heterocycles. The summed E-state index contributed by atoms with van der Waals surface area (Å²) in [4.78, 5) is 26.0. The fourth-order valence-corrected chi connectivity index (χ4v) is 2.28. The molecule has 4 nitrogen and oxygen atoms in total. The number of carbonyl (C=O) groups is 2. The van der Waals surface area contributed by atoms with Gasteiger partial charge in [-0.2, -0.15) is 0 Å². The Morgan fingerprint density at radius 2 is 2.00 bits per heavy atom. The van der Waals surface area contributed by atoms with Crippen molar-refractivity contribution in [2.45, 2.75) is 52.0 Å². The smallest absolute Gasteiger partial charge is 0.248 e. The summed E-state index contributed by atoms with van der Waals surface area (Å²) < 4.78 is 0. The van der Waals surface area contributed by atoms with E-state index in [4.69, 9.17) is 0 Å². The summed E-state index contributed by atoms with van der Waals surface area (Å²) in [6.07, 6.45) is 2.31. The van der Waals surface area contributed by atoms with Gasteiger partial charge in [0, 0.05) is 25.9 Å². The summed E-state index contributed by atoms with van der Waals surface area (Å²) in [5.41, 5.74) is -0.715. The maximum absolute atomic E-state index is 12.5. The minimum Gasteiger partial charge on any atom is -0.342 e. The average molecular weight is 250 g/mol. The normalized spacial score (nSPS) is 18.7. The third-order valence-electron chi connectivity index (χ3n) is 3.57. The van der Waals surface area contributed by atoms with Gasteiger partial charge in [0.15, 0.2) is 0 Å². The molecule has 0 bridgehead atoms. The highest BCUT2D eigenvalue weighted by atomic mass is 16.2. The largest absolute Gasteiger partial charge is 0.342 e. The lowest BCUT2D eigenvalue weighted by molar-refractivity contribution is -0.139. The third kappa shape index (κ3) is 3.04. The van der Waals surface area contributed by atoms with Crippen LogP contribution in [0.25, 0.3) is 0 Å². The standard InChI is InChI=1S/C14H22N2O2/c1-4-7-8-10-16-11-9-12(17)15-14(5-2,6-3)13(16)18/h5-6,8-11H2,1-3H3,(H,15,17). The molecule has 0 aromatic carbocycles. The van der Waals surface area contributed by atoms with Crippen molar-refractivity contribution in [2.24, 2.45) is 0 Å². The molecular weight excluding hydrogens is 228 g/mol. The van der Waals surface area contributed by atoms with Crippen LogP contribution in [0.4, 0.5) is 0 Å². The van der Waals surface area contributed by atoms with Crippen LogP contribution in [0.15, 0.2) is 0 Å². The Hall–Kier alpha value is -1.50. The lowest BCUT2D eigenvalue weighted by atomic mass is 9.91. The Bertz CT molecular complexity index is 375. The Morgan fingerprint density at radius 1 is 1.33 bits per heavy atom. The highest BCUT2D eigenvalue weighted by Crippen LogP contribution is 2.21. The molecule has 1 N–H and O–H groups in total. The van der Waals surface area contributed by atoms with Crippen molar-refractivity contribution in [3.05, 3.63) is 0 Å². The third-order valence-corrected chi connectivity index (χ3v) is 3.57. The lowest BCUT2D eigenvalue weighted by Crippen LogP contribution is -2.56. The Labute approximate surface area is 109 Å². The van der Waals surface area contributed by atoms with Crippen molar-refractivity contribution in [3.8, 4) is 11.8 Å². The van der Waals surface area contributed by atoms with Crippen LogP contribution in [-0.4, -0.2) is 35.3 Å². The van der Waals surface area contributed by atoms with Crippen LogP contribution >= 0.6 is 0 Å². The lowest BCUT2D eigenvalue weighted by Gasteiger charge is -2.33. The number of amides is 2. The molecule has 0 spiro atoms. The molecule has 1 rings (SSSR count). The summed E-state index contributed by atoms with van der Waals surface area (Å²) in [6.45, 7) is 6.78. The van der Waals surface area contributed by atoms with E-state index in [-0.39, 0.29) is 11.8 Å². The number of carbonyl (C=O) groups excluding carboxylic acids is 2. The fourth-order valence-electron chi connectivity index (χ4n) is 2.28. The number of nitrogens with zero attached hydrogens (tertiary/aromatic N) is 1. The van der Waals surface area contributed by atoms with Crippen LogP contribution in [0.1, 0.15) is 46.5 Å². The molecule has 0 unspecified atom stereocenters. The Kier molecular flexibility index (Phi) is 5.21. The van der Waals surface area contributed by atoms with E-state index < -0.39 is 5.54 Å². The molecule has 18 heavy (non-hydrogen) atoms. The molecule has 0 saturated carbocycles. The maximum Gasteiger partial charge on any atom is 0.248 e. The summed E-state index contributed by atoms with van der Waals surface area (Å²) in [5, 5.41) is 2.90. The predicted molar refractivity (Wildman–Crippen MR) is 70.7 cm³/mol. The van der Waals surface area contributed by atoms with Crippen LogP contribution in [0.5, 0.6) is 0 Å². The van der Waals surface area contributed by atoms with E-state index in [0.29, 0.717) is 38.8 Å². The SMILES string of the molecule is CC#CCCN1CCC(=O)NC(CC)(CC)C1=O. The molecule has 1 aliphatic heterocycles. The van der Waals surface area contributed by atoms with Gasteiger partial charge in [0.1, 0.15) is 5.54 Å². The zero-order chi connectivity index (χ0) is 13.6. The topological polar surface area (TPSA) is 49.4 Å². The van der Waals surface area contributed by atoms with Gasteiger partial charge in [-0.05, 0) is 19.8 Å². The van der Waals surface area contributed by atoms with E-state index in [2.05, 4.69) is 17.2 Å². The summed E-state index contributed by atoms with van der Waals surface area (Å²) in [6, 6.07) is 0. The van der Waals surface area contributed by atoms with Crippen molar-refractivity contribution in [2.75, 3.05) is 13.1 Å². The second kappa shape index (κ2) is 6.44. The molecule has 0 aromatic rings. The van der Waals surface area contributed by atoms with Crippen molar-refractivity contribution in [3.63, 3.8) is 0 Å². The van der Waals surface area contributed by atoms with Crippen LogP contribution in [0.3, 0.4) is 0 Å². The van der Waals surface area contributed by atoms with Crippen LogP contribution in [0, 0.1) is 11.8 Å². The summed E-state index contributed by atoms with van der Waals surface area (Å²) in [5.74, 6) is 5.79. The van der Waals surface area contributed by atoms with E-state index in [9.17, 15) is 9.59 Å². The highest BCUT2D eigenvalue weighted by Gasteiger charge is 2.41. The zero-order valence-electron chi connectivity index (χ0n) is 11.5. The molecular formula is C14H22N2O2. The summed E-state index contributed by atoms with van der Waals surface area (Å²) >= 11 is 0. The van der Waals surface area contributed by atoms with Crippen LogP contribution < -0.4 is 5.32 Å². The quantitative estimate of drug-likeness (QED) is 0.765. The van der Waals surface area contributed by atoms with E-state index in [1.165, 1.54) is 0 Å². The van der Waals surface area contributed by atoms with Crippen LogP contribution in [0.2, 0.25) is 0 Å². The molecule has 0 atom stereocenters. The van der Waals surface area contributed by atoms with Gasteiger partial charge >= 0.3 is 0 Å². The van der Waals surface area contributed by atoms with Gasteiger partial charge in [-0.1, -0.05) is 13.8 Å². The van der Waals surface area contributed by atoms with Gasteiger partial charge in [0.2, 0.25) is 11.8 Å². The first-order chi connectivity index (χ1) is 8.59. The molecule has 4 heteroatoms. The Balaban J connectivity index is 2.87. The van der Waals surface area contributed by atoms with E-state index in [0.717, 1.165) is 0 Å². The van der Waals surface area contributed by atoms with E-state index in [1.807, 2.05) is 13.8 Å². The molecule has 0 aliphatic carbocycles. The van der Waals surface area contributed by atoms with Crippen molar-refractivity contribution in [1.29, 1.82) is 0 Å². The first-order valence-electron chi connectivity index (χ1n) is 6.59. The minimum absolute atomic E-state index is 0.0314. The first-order valence-corrected chi connectivity index (χ1v) is 6.59. The van der Waals surface area contributed by atoms with Gasteiger partial charge < -0.3 is 10.2 Å². The van der Waals surface area contributed by atoms with Gasteiger partial charge in [-0.3, -0.25) is 9.59 Å². The second-order valence-corrected chi connectivity index (χ2v) is 4.56. The van der Waals surface area contributed by atoms with Gasteiger partial charge in [0.05, 0.1) is 0 Å². The molecule has 1 fully saturated rings. The van der Waals surface area contributed by atoms with Gasteiger partial charge in [-0.25, -0.2) is 0 Å². The molecule has 0 radical (unpaired) electrons. The monoisotopic (exact) mass is 250 g/mol. The second-order valence-electron chi connectivity index (χ2n) is 4.56. The van der Waals surface area contributed by atoms with Gasteiger partial charge in [-0.15, -0.1) is 11.8 Å². The van der Waals surface area contributed by atoms with E-state index >= 15 is 0 Å². The van der Waals surface area contributed by atoms with Crippen molar-refractivity contribution in [1.82, 2.24) is 10.2 Å². The highest BCUT2D eigenvalue weighted by molar-refractivity contribution is 5.93. The first kappa shape index (κ1) is 14.6. The number of hydrogen-bond donors (Lipinski definition) is 1. The number of nitrogens with one attached hydrogen (secondary N) is 1. The maximum atomic E-state index is 12.5. The average Bonchev–Trinajstić information content (AvgIpc) is 2.50. The van der Waals surface area contributed by atoms with Gasteiger partial charge in [0.25, 0.3) is 0 Å². The molecule has 2 amide bonds. The van der Waals surface area contributed by atoms with Crippen molar-refractivity contribution < 1.29 is 9.59 Å². The van der Waals surface area contributed by atoms with Crippen molar-refractivity contribution >= 4 is 11.8 Å². The zero-order valence-corrected chi connectivity index (χ0v) is 11.5. The Morgan fingerprint density at radius 3 is 2.56 bits per heavy atom. The number of rotatable bonds is 4. The molecule has 100 valence electrons. The predicted octanol–water partition coefficient (Wildman–Crippen LogP) is 1.31.